The van der Waals surface area contributed by atoms with Gasteiger partial charge >= 0.3 is 0 Å². The predicted octanol–water partition coefficient (Wildman–Crippen LogP) is 3.04. The fourth-order valence-corrected chi connectivity index (χ4v) is 2.51. The van der Waals surface area contributed by atoms with E-state index < -0.39 is 0 Å². The third-order valence-electron chi connectivity index (χ3n) is 3.22. The number of nitrogens with two attached hydrogens (primary N) is 1. The van der Waals surface area contributed by atoms with Crippen LogP contribution in [-0.4, -0.2) is 20.2 Å². The minimum atomic E-state index is 0.615. The van der Waals surface area contributed by atoms with Gasteiger partial charge in [0.1, 0.15) is 0 Å². The molecule has 106 valence electrons. The van der Waals surface area contributed by atoms with Crippen LogP contribution in [0.15, 0.2) is 46.9 Å². The quantitative estimate of drug-likeness (QED) is 0.742. The SMILES string of the molecule is Cc1ccc(Cn2nnnc2-c2cc(N)ccc2Br)cc1. The number of hydrogen-bond donors (Lipinski definition) is 1. The second kappa shape index (κ2) is 5.65. The molecule has 1 heterocycles. The first-order chi connectivity index (χ1) is 10.1. The summed E-state index contributed by atoms with van der Waals surface area (Å²) in [6.07, 6.45) is 0. The van der Waals surface area contributed by atoms with Gasteiger partial charge in [0.15, 0.2) is 5.82 Å². The molecule has 0 unspecified atom stereocenters. The number of halogens is 1. The number of anilines is 1. The van der Waals surface area contributed by atoms with Gasteiger partial charge in [0.05, 0.1) is 6.54 Å². The average molecular weight is 344 g/mol. The number of aromatic nitrogens is 4. The van der Waals surface area contributed by atoms with Crippen molar-refractivity contribution in [1.82, 2.24) is 20.2 Å². The molecule has 3 aromatic rings. The van der Waals surface area contributed by atoms with Crippen LogP contribution in [0.4, 0.5) is 5.69 Å². The molecule has 21 heavy (non-hydrogen) atoms. The van der Waals surface area contributed by atoms with Gasteiger partial charge in [0, 0.05) is 15.7 Å². The first kappa shape index (κ1) is 13.8. The molecule has 0 aliphatic carbocycles. The number of nitrogen functional groups attached to an aromatic ring is 1. The molecule has 0 saturated heterocycles. The van der Waals surface area contributed by atoms with Crippen molar-refractivity contribution in [2.45, 2.75) is 13.5 Å². The molecular formula is C15H14BrN5. The van der Waals surface area contributed by atoms with Gasteiger partial charge < -0.3 is 5.73 Å². The van der Waals surface area contributed by atoms with E-state index in [-0.39, 0.29) is 0 Å². The highest BCUT2D eigenvalue weighted by atomic mass is 79.9. The summed E-state index contributed by atoms with van der Waals surface area (Å²) in [4.78, 5) is 0. The third-order valence-corrected chi connectivity index (χ3v) is 3.91. The maximum atomic E-state index is 5.85. The van der Waals surface area contributed by atoms with Crippen molar-refractivity contribution in [1.29, 1.82) is 0 Å². The number of tetrazole rings is 1. The van der Waals surface area contributed by atoms with Crippen molar-refractivity contribution < 1.29 is 0 Å². The smallest absolute Gasteiger partial charge is 0.183 e. The lowest BCUT2D eigenvalue weighted by Gasteiger charge is -2.07. The molecule has 0 atom stereocenters. The van der Waals surface area contributed by atoms with Gasteiger partial charge in [-0.15, -0.1) is 5.10 Å². The van der Waals surface area contributed by atoms with Gasteiger partial charge in [0.25, 0.3) is 0 Å². The van der Waals surface area contributed by atoms with E-state index in [1.165, 1.54) is 5.56 Å². The number of rotatable bonds is 3. The molecule has 6 heteroatoms. The molecule has 0 aliphatic heterocycles. The summed E-state index contributed by atoms with van der Waals surface area (Å²) in [7, 11) is 0. The predicted molar refractivity (Wildman–Crippen MR) is 85.6 cm³/mol. The van der Waals surface area contributed by atoms with Gasteiger partial charge in [-0.1, -0.05) is 45.8 Å². The molecule has 2 aromatic carbocycles. The summed E-state index contributed by atoms with van der Waals surface area (Å²) >= 11 is 3.52. The largest absolute Gasteiger partial charge is 0.399 e. The van der Waals surface area contributed by atoms with Gasteiger partial charge in [-0.3, -0.25) is 0 Å². The summed E-state index contributed by atoms with van der Waals surface area (Å²) in [6.45, 7) is 2.68. The first-order valence-corrected chi connectivity index (χ1v) is 7.30. The lowest BCUT2D eigenvalue weighted by Crippen LogP contribution is -2.05. The molecular weight excluding hydrogens is 330 g/mol. The molecule has 2 N–H and O–H groups in total. The summed E-state index contributed by atoms with van der Waals surface area (Å²) in [5.74, 6) is 0.690. The number of nitrogens with zero attached hydrogens (tertiary/aromatic N) is 4. The Morgan fingerprint density at radius 1 is 1.14 bits per heavy atom. The molecule has 5 nitrogen and oxygen atoms in total. The second-order valence-electron chi connectivity index (χ2n) is 4.89. The van der Waals surface area contributed by atoms with Gasteiger partial charge in [0.2, 0.25) is 0 Å². The van der Waals surface area contributed by atoms with E-state index in [1.54, 1.807) is 4.68 Å². The molecule has 0 amide bonds. The van der Waals surface area contributed by atoms with Crippen molar-refractivity contribution in [3.05, 3.63) is 58.1 Å². The van der Waals surface area contributed by atoms with Crippen LogP contribution >= 0.6 is 15.9 Å². The van der Waals surface area contributed by atoms with Crippen LogP contribution in [0.25, 0.3) is 11.4 Å². The number of hydrogen-bond acceptors (Lipinski definition) is 4. The topological polar surface area (TPSA) is 69.6 Å². The van der Waals surface area contributed by atoms with Crippen molar-refractivity contribution >= 4 is 21.6 Å². The number of benzene rings is 2. The highest BCUT2D eigenvalue weighted by Gasteiger charge is 2.13. The van der Waals surface area contributed by atoms with E-state index in [2.05, 4.69) is 62.6 Å². The zero-order chi connectivity index (χ0) is 14.8. The average Bonchev–Trinajstić information content (AvgIpc) is 2.92. The number of aryl methyl sites for hydroxylation is 1. The maximum Gasteiger partial charge on any atom is 0.183 e. The summed E-state index contributed by atoms with van der Waals surface area (Å²) in [5, 5.41) is 12.0. The first-order valence-electron chi connectivity index (χ1n) is 6.50. The fraction of sp³-hybridized carbons (Fsp3) is 0.133. The Hall–Kier alpha value is -2.21. The highest BCUT2D eigenvalue weighted by Crippen LogP contribution is 2.28. The Balaban J connectivity index is 1.97. The van der Waals surface area contributed by atoms with E-state index in [9.17, 15) is 0 Å². The second-order valence-corrected chi connectivity index (χ2v) is 5.74. The molecule has 3 rings (SSSR count). The van der Waals surface area contributed by atoms with E-state index in [0.29, 0.717) is 18.1 Å². The maximum absolute atomic E-state index is 5.85. The summed E-state index contributed by atoms with van der Waals surface area (Å²) in [5.41, 5.74) is 9.79. The molecule has 1 aromatic heterocycles. The zero-order valence-corrected chi connectivity index (χ0v) is 13.1. The lowest BCUT2D eigenvalue weighted by molar-refractivity contribution is 0.653. The molecule has 0 spiro atoms. The van der Waals surface area contributed by atoms with Crippen LogP contribution in [-0.2, 0) is 6.54 Å². The Morgan fingerprint density at radius 3 is 2.67 bits per heavy atom. The molecule has 0 saturated carbocycles. The van der Waals surface area contributed by atoms with Crippen molar-refractivity contribution in [2.24, 2.45) is 0 Å². The van der Waals surface area contributed by atoms with Crippen molar-refractivity contribution in [3.63, 3.8) is 0 Å². The molecule has 0 bridgehead atoms. The zero-order valence-electron chi connectivity index (χ0n) is 11.5. The van der Waals surface area contributed by atoms with E-state index in [1.807, 2.05) is 18.2 Å². The van der Waals surface area contributed by atoms with E-state index >= 15 is 0 Å². The van der Waals surface area contributed by atoms with Crippen LogP contribution in [0.3, 0.4) is 0 Å². The van der Waals surface area contributed by atoms with Crippen molar-refractivity contribution in [3.8, 4) is 11.4 Å². The van der Waals surface area contributed by atoms with E-state index in [4.69, 9.17) is 5.73 Å². The van der Waals surface area contributed by atoms with Crippen molar-refractivity contribution in [2.75, 3.05) is 5.73 Å². The lowest BCUT2D eigenvalue weighted by atomic mass is 10.1. The third kappa shape index (κ3) is 2.95. The fourth-order valence-electron chi connectivity index (χ4n) is 2.08. The minimum absolute atomic E-state index is 0.615. The van der Waals surface area contributed by atoms with Gasteiger partial charge in [-0.05, 0) is 41.1 Å². The van der Waals surface area contributed by atoms with Crippen LogP contribution in [0, 0.1) is 6.92 Å². The van der Waals surface area contributed by atoms with Gasteiger partial charge in [-0.25, -0.2) is 4.68 Å². The monoisotopic (exact) mass is 343 g/mol. The molecule has 0 fully saturated rings. The van der Waals surface area contributed by atoms with Crippen LogP contribution in [0.1, 0.15) is 11.1 Å². The summed E-state index contributed by atoms with van der Waals surface area (Å²) in [6, 6.07) is 13.9. The molecule has 0 radical (unpaired) electrons. The Morgan fingerprint density at radius 2 is 1.90 bits per heavy atom. The van der Waals surface area contributed by atoms with E-state index in [0.717, 1.165) is 15.6 Å². The Bertz CT molecular complexity index is 764. The Labute approximate surface area is 130 Å². The molecule has 0 aliphatic rings. The minimum Gasteiger partial charge on any atom is -0.399 e. The standard InChI is InChI=1S/C15H14BrN5/c1-10-2-4-11(5-3-10)9-21-15(18-19-20-21)13-8-12(17)6-7-14(13)16/h2-8H,9,17H2,1H3. The normalized spacial score (nSPS) is 10.8. The highest BCUT2D eigenvalue weighted by molar-refractivity contribution is 9.10. The van der Waals surface area contributed by atoms with Crippen LogP contribution in [0.2, 0.25) is 0 Å². The summed E-state index contributed by atoms with van der Waals surface area (Å²) < 4.78 is 2.68. The van der Waals surface area contributed by atoms with Crippen LogP contribution < -0.4 is 5.73 Å². The van der Waals surface area contributed by atoms with Crippen LogP contribution in [0.5, 0.6) is 0 Å². The van der Waals surface area contributed by atoms with Gasteiger partial charge in [-0.2, -0.15) is 0 Å². The Kier molecular flexibility index (Phi) is 3.70.